The summed E-state index contributed by atoms with van der Waals surface area (Å²) in [6.45, 7) is 0.705. The number of halogens is 3. The fourth-order valence-electron chi connectivity index (χ4n) is 1.62. The maximum atomic E-state index is 6.17. The second-order valence-corrected chi connectivity index (χ2v) is 5.13. The van der Waals surface area contributed by atoms with Crippen molar-refractivity contribution in [2.75, 3.05) is 7.05 Å². The summed E-state index contributed by atoms with van der Waals surface area (Å²) in [5, 5.41) is 4.53. The van der Waals surface area contributed by atoms with Crippen molar-refractivity contribution >= 4 is 34.8 Å². The van der Waals surface area contributed by atoms with Crippen LogP contribution in [0.1, 0.15) is 5.56 Å². The molecule has 1 N–H and O–H groups in total. The fraction of sp³-hybridized carbons (Fsp3) is 0.143. The van der Waals surface area contributed by atoms with E-state index in [4.69, 9.17) is 39.5 Å². The van der Waals surface area contributed by atoms with E-state index in [1.165, 1.54) is 0 Å². The first-order valence-corrected chi connectivity index (χ1v) is 6.80. The van der Waals surface area contributed by atoms with Gasteiger partial charge in [0, 0.05) is 11.6 Å². The first-order chi connectivity index (χ1) is 9.11. The Morgan fingerprint density at radius 3 is 2.53 bits per heavy atom. The molecule has 0 radical (unpaired) electrons. The largest absolute Gasteiger partial charge is 0.456 e. The highest BCUT2D eigenvalue weighted by Gasteiger charge is 2.08. The fourth-order valence-corrected chi connectivity index (χ4v) is 2.18. The predicted octanol–water partition coefficient (Wildman–Crippen LogP) is 5.16. The van der Waals surface area contributed by atoms with Crippen molar-refractivity contribution in [2.45, 2.75) is 6.54 Å². The standard InChI is InChI=1S/C14H12Cl3NO/c1-18-8-9-5-6-10(7-12(9)16)19-13-4-2-3-11(15)14(13)17/h2-7,18H,8H2,1H3. The summed E-state index contributed by atoms with van der Waals surface area (Å²) in [7, 11) is 1.87. The van der Waals surface area contributed by atoms with Crippen LogP contribution in [-0.2, 0) is 6.54 Å². The summed E-state index contributed by atoms with van der Waals surface area (Å²) in [6, 6.07) is 10.7. The van der Waals surface area contributed by atoms with Crippen LogP contribution < -0.4 is 10.1 Å². The van der Waals surface area contributed by atoms with E-state index in [-0.39, 0.29) is 0 Å². The lowest BCUT2D eigenvalue weighted by Crippen LogP contribution is -2.05. The summed E-state index contributed by atoms with van der Waals surface area (Å²) in [4.78, 5) is 0. The average Bonchev–Trinajstić information content (AvgIpc) is 2.38. The highest BCUT2D eigenvalue weighted by molar-refractivity contribution is 6.42. The van der Waals surface area contributed by atoms with Gasteiger partial charge >= 0.3 is 0 Å². The molecule has 2 nitrogen and oxygen atoms in total. The molecule has 0 heterocycles. The highest BCUT2D eigenvalue weighted by atomic mass is 35.5. The molecular weight excluding hydrogens is 305 g/mol. The predicted molar refractivity (Wildman–Crippen MR) is 80.8 cm³/mol. The van der Waals surface area contributed by atoms with Gasteiger partial charge in [0.1, 0.15) is 16.5 Å². The molecule has 5 heteroatoms. The third-order valence-electron chi connectivity index (χ3n) is 2.54. The molecule has 0 atom stereocenters. The molecule has 19 heavy (non-hydrogen) atoms. The van der Waals surface area contributed by atoms with Gasteiger partial charge in [-0.1, -0.05) is 46.9 Å². The lowest BCUT2D eigenvalue weighted by atomic mass is 10.2. The summed E-state index contributed by atoms with van der Waals surface area (Å²) in [5.41, 5.74) is 1.01. The van der Waals surface area contributed by atoms with Crippen molar-refractivity contribution < 1.29 is 4.74 Å². The number of ether oxygens (including phenoxy) is 1. The molecule has 2 aromatic carbocycles. The number of hydrogen-bond donors (Lipinski definition) is 1. The maximum absolute atomic E-state index is 6.17. The second-order valence-electron chi connectivity index (χ2n) is 3.94. The lowest BCUT2D eigenvalue weighted by molar-refractivity contribution is 0.482. The Hall–Kier alpha value is -0.930. The smallest absolute Gasteiger partial charge is 0.147 e. The average molecular weight is 317 g/mol. The van der Waals surface area contributed by atoms with Crippen LogP contribution in [0.5, 0.6) is 11.5 Å². The van der Waals surface area contributed by atoms with Crippen molar-refractivity contribution in [1.82, 2.24) is 5.32 Å². The molecule has 0 aliphatic heterocycles. The normalized spacial score (nSPS) is 10.5. The summed E-state index contributed by atoms with van der Waals surface area (Å²) >= 11 is 18.2. The molecule has 0 bridgehead atoms. The molecule has 0 saturated heterocycles. The Morgan fingerprint density at radius 2 is 1.84 bits per heavy atom. The molecule has 0 spiro atoms. The van der Waals surface area contributed by atoms with Gasteiger partial charge in [0.15, 0.2) is 0 Å². The van der Waals surface area contributed by atoms with Crippen molar-refractivity contribution in [3.05, 3.63) is 57.0 Å². The molecule has 0 unspecified atom stereocenters. The molecule has 2 aromatic rings. The minimum absolute atomic E-state index is 0.389. The summed E-state index contributed by atoms with van der Waals surface area (Å²) < 4.78 is 5.68. The third kappa shape index (κ3) is 3.54. The second kappa shape index (κ2) is 6.49. The van der Waals surface area contributed by atoms with Crippen LogP contribution in [0.3, 0.4) is 0 Å². The molecule has 0 fully saturated rings. The molecule has 0 aliphatic rings. The van der Waals surface area contributed by atoms with E-state index in [1.54, 1.807) is 24.3 Å². The minimum Gasteiger partial charge on any atom is -0.456 e. The molecule has 2 rings (SSSR count). The van der Waals surface area contributed by atoms with Gasteiger partial charge in [0.05, 0.1) is 5.02 Å². The van der Waals surface area contributed by atoms with Crippen LogP contribution >= 0.6 is 34.8 Å². The number of rotatable bonds is 4. The van der Waals surface area contributed by atoms with Crippen molar-refractivity contribution in [3.8, 4) is 11.5 Å². The zero-order chi connectivity index (χ0) is 13.8. The molecule has 0 aromatic heterocycles. The van der Waals surface area contributed by atoms with Gasteiger partial charge in [0.2, 0.25) is 0 Å². The monoisotopic (exact) mass is 315 g/mol. The Kier molecular flexibility index (Phi) is 4.94. The quantitative estimate of drug-likeness (QED) is 0.841. The minimum atomic E-state index is 0.389. The van der Waals surface area contributed by atoms with Crippen molar-refractivity contribution in [1.29, 1.82) is 0 Å². The van der Waals surface area contributed by atoms with Gasteiger partial charge < -0.3 is 10.1 Å². The van der Waals surface area contributed by atoms with Gasteiger partial charge in [-0.05, 0) is 36.9 Å². The summed E-state index contributed by atoms with van der Waals surface area (Å²) in [5.74, 6) is 1.13. The Bertz CT molecular complexity index is 587. The number of nitrogens with one attached hydrogen (secondary N) is 1. The van der Waals surface area contributed by atoms with Crippen LogP contribution in [0.2, 0.25) is 15.1 Å². The third-order valence-corrected chi connectivity index (χ3v) is 3.69. The van der Waals surface area contributed by atoms with E-state index < -0.39 is 0 Å². The topological polar surface area (TPSA) is 21.3 Å². The van der Waals surface area contributed by atoms with Crippen LogP contribution in [0.25, 0.3) is 0 Å². The van der Waals surface area contributed by atoms with Gasteiger partial charge in [0.25, 0.3) is 0 Å². The van der Waals surface area contributed by atoms with Crippen LogP contribution in [0.4, 0.5) is 0 Å². The first-order valence-electron chi connectivity index (χ1n) is 5.66. The number of hydrogen-bond acceptors (Lipinski definition) is 2. The SMILES string of the molecule is CNCc1ccc(Oc2cccc(Cl)c2Cl)cc1Cl. The maximum Gasteiger partial charge on any atom is 0.147 e. The Balaban J connectivity index is 2.24. The van der Waals surface area contributed by atoms with Crippen molar-refractivity contribution in [3.63, 3.8) is 0 Å². The molecule has 0 amide bonds. The van der Waals surface area contributed by atoms with E-state index in [0.29, 0.717) is 33.1 Å². The molecular formula is C14H12Cl3NO. The molecule has 0 aliphatic carbocycles. The van der Waals surface area contributed by atoms with E-state index in [9.17, 15) is 0 Å². The number of benzene rings is 2. The molecule has 0 saturated carbocycles. The van der Waals surface area contributed by atoms with Crippen molar-refractivity contribution in [2.24, 2.45) is 0 Å². The van der Waals surface area contributed by atoms with E-state index >= 15 is 0 Å². The van der Waals surface area contributed by atoms with E-state index in [0.717, 1.165) is 5.56 Å². The van der Waals surface area contributed by atoms with E-state index in [1.807, 2.05) is 19.2 Å². The van der Waals surface area contributed by atoms with Crippen LogP contribution in [0, 0.1) is 0 Å². The molecule has 100 valence electrons. The summed E-state index contributed by atoms with van der Waals surface area (Å²) in [6.07, 6.45) is 0. The van der Waals surface area contributed by atoms with Crippen LogP contribution in [-0.4, -0.2) is 7.05 Å². The Labute approximate surface area is 127 Å². The van der Waals surface area contributed by atoms with Gasteiger partial charge in [-0.3, -0.25) is 0 Å². The highest BCUT2D eigenvalue weighted by Crippen LogP contribution is 2.35. The van der Waals surface area contributed by atoms with Gasteiger partial charge in [-0.15, -0.1) is 0 Å². The zero-order valence-corrected chi connectivity index (χ0v) is 12.5. The zero-order valence-electron chi connectivity index (χ0n) is 10.2. The van der Waals surface area contributed by atoms with Crippen LogP contribution in [0.15, 0.2) is 36.4 Å². The van der Waals surface area contributed by atoms with Gasteiger partial charge in [-0.25, -0.2) is 0 Å². The lowest BCUT2D eigenvalue weighted by Gasteiger charge is -2.10. The first kappa shape index (κ1) is 14.5. The van der Waals surface area contributed by atoms with E-state index in [2.05, 4.69) is 5.32 Å². The van der Waals surface area contributed by atoms with Gasteiger partial charge in [-0.2, -0.15) is 0 Å². The Morgan fingerprint density at radius 1 is 1.05 bits per heavy atom.